The molecule has 27 heavy (non-hydrogen) atoms. The van der Waals surface area contributed by atoms with Crippen LogP contribution in [0.2, 0.25) is 0 Å². The monoisotopic (exact) mass is 368 g/mol. The Kier molecular flexibility index (Phi) is 3.56. The summed E-state index contributed by atoms with van der Waals surface area (Å²) in [5.74, 6) is 1.87. The second-order valence-corrected chi connectivity index (χ2v) is 9.34. The molecule has 0 unspecified atom stereocenters. The van der Waals surface area contributed by atoms with E-state index in [4.69, 9.17) is 9.47 Å². The number of phenols is 2. The summed E-state index contributed by atoms with van der Waals surface area (Å²) in [7, 11) is 3.30. The van der Waals surface area contributed by atoms with Gasteiger partial charge in [-0.3, -0.25) is 0 Å². The van der Waals surface area contributed by atoms with Crippen molar-refractivity contribution in [2.75, 3.05) is 14.2 Å². The molecule has 4 nitrogen and oxygen atoms in total. The number of ether oxygens (including phenoxy) is 2. The minimum Gasteiger partial charge on any atom is -0.508 e. The van der Waals surface area contributed by atoms with E-state index in [-0.39, 0.29) is 27.7 Å². The molecular formula is C23H28O4. The Bertz CT molecular complexity index is 862. The highest BCUT2D eigenvalue weighted by atomic mass is 16.5. The van der Waals surface area contributed by atoms with Gasteiger partial charge in [-0.25, -0.2) is 0 Å². The highest BCUT2D eigenvalue weighted by Gasteiger charge is 2.58. The Morgan fingerprint density at radius 3 is 1.41 bits per heavy atom. The second kappa shape index (κ2) is 5.34. The van der Waals surface area contributed by atoms with Crippen LogP contribution >= 0.6 is 0 Å². The average molecular weight is 368 g/mol. The quantitative estimate of drug-likeness (QED) is 0.802. The van der Waals surface area contributed by atoms with Gasteiger partial charge in [0.1, 0.15) is 23.0 Å². The number of hydrogen-bond acceptors (Lipinski definition) is 4. The Labute approximate surface area is 160 Å². The predicted octanol–water partition coefficient (Wildman–Crippen LogP) is 4.76. The molecule has 0 aliphatic heterocycles. The van der Waals surface area contributed by atoms with Gasteiger partial charge in [-0.2, -0.15) is 0 Å². The fraction of sp³-hybridized carbons (Fsp3) is 0.478. The number of fused-ring (bicyclic) bond motifs is 4. The molecule has 0 fully saturated rings. The van der Waals surface area contributed by atoms with Crippen LogP contribution in [0.4, 0.5) is 0 Å². The second-order valence-electron chi connectivity index (χ2n) is 9.34. The first-order valence-corrected chi connectivity index (χ1v) is 9.40. The van der Waals surface area contributed by atoms with Crippen molar-refractivity contribution >= 4 is 0 Å². The van der Waals surface area contributed by atoms with Crippen molar-refractivity contribution < 1.29 is 19.7 Å². The Morgan fingerprint density at radius 1 is 0.704 bits per heavy atom. The number of phenolic OH excluding ortho intramolecular Hbond substituents is 2. The summed E-state index contributed by atoms with van der Waals surface area (Å²) in [4.78, 5) is 0. The van der Waals surface area contributed by atoms with Crippen LogP contribution in [0.3, 0.4) is 0 Å². The average Bonchev–Trinajstić information content (AvgIpc) is 2.93. The first-order valence-electron chi connectivity index (χ1n) is 9.40. The first-order chi connectivity index (χ1) is 12.6. The lowest BCUT2D eigenvalue weighted by Gasteiger charge is -2.30. The fourth-order valence-electron chi connectivity index (χ4n) is 5.95. The molecule has 0 aromatic heterocycles. The summed E-state index contributed by atoms with van der Waals surface area (Å²) in [5.41, 5.74) is 3.96. The van der Waals surface area contributed by atoms with Crippen molar-refractivity contribution in [3.8, 4) is 23.0 Å². The predicted molar refractivity (Wildman–Crippen MR) is 105 cm³/mol. The van der Waals surface area contributed by atoms with E-state index in [1.807, 2.05) is 12.1 Å². The lowest BCUT2D eigenvalue weighted by Crippen LogP contribution is -2.26. The van der Waals surface area contributed by atoms with E-state index in [1.165, 1.54) is 0 Å². The number of aromatic hydroxyl groups is 2. The molecule has 1 spiro atoms. The van der Waals surface area contributed by atoms with Crippen molar-refractivity contribution in [1.82, 2.24) is 0 Å². The number of benzene rings is 2. The SMILES string of the molecule is COc1cc(O)cc2c1C(C)(C)CC21CC(C)(C)c2c(OC)cc(O)cc21. The number of hydrogen-bond donors (Lipinski definition) is 2. The summed E-state index contributed by atoms with van der Waals surface area (Å²) in [5, 5.41) is 20.8. The van der Waals surface area contributed by atoms with Gasteiger partial charge < -0.3 is 19.7 Å². The lowest BCUT2D eigenvalue weighted by atomic mass is 9.72. The number of rotatable bonds is 2. The van der Waals surface area contributed by atoms with Gasteiger partial charge in [0.05, 0.1) is 14.2 Å². The third kappa shape index (κ3) is 2.28. The van der Waals surface area contributed by atoms with Gasteiger partial charge in [0.2, 0.25) is 0 Å². The Morgan fingerprint density at radius 2 is 1.07 bits per heavy atom. The van der Waals surface area contributed by atoms with Crippen LogP contribution in [0.5, 0.6) is 23.0 Å². The maximum atomic E-state index is 10.4. The molecule has 0 heterocycles. The van der Waals surface area contributed by atoms with Crippen LogP contribution in [0.25, 0.3) is 0 Å². The molecule has 0 amide bonds. The van der Waals surface area contributed by atoms with Crippen molar-refractivity contribution in [2.24, 2.45) is 0 Å². The van der Waals surface area contributed by atoms with Gasteiger partial charge in [-0.15, -0.1) is 0 Å². The van der Waals surface area contributed by atoms with Gasteiger partial charge >= 0.3 is 0 Å². The van der Waals surface area contributed by atoms with Crippen LogP contribution in [0, 0.1) is 0 Å². The summed E-state index contributed by atoms with van der Waals surface area (Å²) >= 11 is 0. The van der Waals surface area contributed by atoms with E-state index in [0.717, 1.165) is 46.6 Å². The normalized spacial score (nSPS) is 20.4. The van der Waals surface area contributed by atoms with Gasteiger partial charge in [-0.05, 0) is 46.9 Å². The summed E-state index contributed by atoms with van der Waals surface area (Å²) in [6.07, 6.45) is 1.77. The van der Waals surface area contributed by atoms with E-state index in [2.05, 4.69) is 27.7 Å². The first kappa shape index (κ1) is 18.0. The standard InChI is InChI=1S/C23H28O4/c1-21(2)11-23(15-7-13(24)9-17(26-5)19(15)21)12-22(3,4)20-16(23)8-14(25)10-18(20)27-6/h7-10,24-25H,11-12H2,1-6H3. The third-order valence-corrected chi connectivity index (χ3v) is 6.49. The molecular weight excluding hydrogens is 340 g/mol. The zero-order valence-corrected chi connectivity index (χ0v) is 16.9. The number of methoxy groups -OCH3 is 2. The maximum absolute atomic E-state index is 10.4. The molecule has 0 bridgehead atoms. The molecule has 0 saturated carbocycles. The summed E-state index contributed by atoms with van der Waals surface area (Å²) in [6, 6.07) is 7.16. The molecule has 2 N–H and O–H groups in total. The molecule has 4 heteroatoms. The van der Waals surface area contributed by atoms with Crippen LogP contribution in [0.1, 0.15) is 62.8 Å². The topological polar surface area (TPSA) is 58.9 Å². The lowest BCUT2D eigenvalue weighted by molar-refractivity contribution is 0.341. The summed E-state index contributed by atoms with van der Waals surface area (Å²) in [6.45, 7) is 8.91. The van der Waals surface area contributed by atoms with Crippen LogP contribution in [-0.2, 0) is 16.2 Å². The van der Waals surface area contributed by atoms with Gasteiger partial charge in [0.15, 0.2) is 0 Å². The van der Waals surface area contributed by atoms with Gasteiger partial charge in [0.25, 0.3) is 0 Å². The van der Waals surface area contributed by atoms with Crippen molar-refractivity contribution in [1.29, 1.82) is 0 Å². The molecule has 2 aliphatic rings. The van der Waals surface area contributed by atoms with Crippen molar-refractivity contribution in [3.05, 3.63) is 46.5 Å². The van der Waals surface area contributed by atoms with Crippen molar-refractivity contribution in [3.63, 3.8) is 0 Å². The van der Waals surface area contributed by atoms with E-state index in [0.29, 0.717) is 0 Å². The molecule has 0 radical (unpaired) electrons. The van der Waals surface area contributed by atoms with Gasteiger partial charge in [-0.1, -0.05) is 27.7 Å². The van der Waals surface area contributed by atoms with Crippen LogP contribution in [0.15, 0.2) is 24.3 Å². The minimum absolute atomic E-state index is 0.120. The summed E-state index contributed by atoms with van der Waals surface area (Å²) < 4.78 is 11.3. The molecule has 0 saturated heterocycles. The third-order valence-electron chi connectivity index (χ3n) is 6.49. The van der Waals surface area contributed by atoms with E-state index < -0.39 is 0 Å². The molecule has 2 aliphatic carbocycles. The molecule has 2 aromatic carbocycles. The molecule has 0 atom stereocenters. The molecule has 4 rings (SSSR count). The van der Waals surface area contributed by atoms with E-state index in [9.17, 15) is 10.2 Å². The Balaban J connectivity index is 2.10. The smallest absolute Gasteiger partial charge is 0.126 e. The maximum Gasteiger partial charge on any atom is 0.126 e. The zero-order chi connectivity index (χ0) is 19.8. The Hall–Kier alpha value is -2.36. The fourth-order valence-corrected chi connectivity index (χ4v) is 5.95. The van der Waals surface area contributed by atoms with E-state index >= 15 is 0 Å². The highest BCUT2D eigenvalue weighted by molar-refractivity contribution is 5.67. The van der Waals surface area contributed by atoms with E-state index in [1.54, 1.807) is 26.4 Å². The minimum atomic E-state index is -0.296. The highest BCUT2D eigenvalue weighted by Crippen LogP contribution is 2.66. The zero-order valence-electron chi connectivity index (χ0n) is 16.9. The van der Waals surface area contributed by atoms with Crippen LogP contribution < -0.4 is 9.47 Å². The van der Waals surface area contributed by atoms with Gasteiger partial charge in [0, 0.05) is 28.7 Å². The molecule has 2 aromatic rings. The largest absolute Gasteiger partial charge is 0.508 e. The van der Waals surface area contributed by atoms with Crippen LogP contribution in [-0.4, -0.2) is 24.4 Å². The van der Waals surface area contributed by atoms with Crippen molar-refractivity contribution in [2.45, 2.75) is 56.8 Å². The molecule has 144 valence electrons.